The van der Waals surface area contributed by atoms with E-state index in [1.165, 1.54) is 0 Å². The van der Waals surface area contributed by atoms with Crippen molar-refractivity contribution in [2.24, 2.45) is 11.7 Å². The van der Waals surface area contributed by atoms with Crippen LogP contribution in [0.5, 0.6) is 5.75 Å². The SMILES string of the molecule is CCC(CC)C(C)NC(=O)[C@H](N)Cc1ccc(O)cc1. The van der Waals surface area contributed by atoms with Crippen molar-refractivity contribution in [1.29, 1.82) is 0 Å². The monoisotopic (exact) mass is 278 g/mol. The van der Waals surface area contributed by atoms with E-state index in [1.807, 2.05) is 6.92 Å². The van der Waals surface area contributed by atoms with Gasteiger partial charge in [-0.05, 0) is 37.0 Å². The fraction of sp³-hybridized carbons (Fsp3) is 0.562. The average Bonchev–Trinajstić information content (AvgIpc) is 2.42. The van der Waals surface area contributed by atoms with Crippen molar-refractivity contribution in [2.75, 3.05) is 0 Å². The molecular formula is C16H26N2O2. The molecule has 20 heavy (non-hydrogen) atoms. The summed E-state index contributed by atoms with van der Waals surface area (Å²) in [7, 11) is 0. The van der Waals surface area contributed by atoms with E-state index in [0.29, 0.717) is 12.3 Å². The number of phenolic OH excluding ortho intramolecular Hbond substituents is 1. The number of carbonyl (C=O) groups is 1. The fourth-order valence-corrected chi connectivity index (χ4v) is 2.42. The molecule has 0 saturated carbocycles. The zero-order valence-corrected chi connectivity index (χ0v) is 12.6. The Morgan fingerprint density at radius 1 is 1.25 bits per heavy atom. The highest BCUT2D eigenvalue weighted by Gasteiger charge is 2.20. The third-order valence-corrected chi connectivity index (χ3v) is 3.85. The standard InChI is InChI=1S/C16H26N2O2/c1-4-13(5-2)11(3)18-16(20)15(17)10-12-6-8-14(19)9-7-12/h6-9,11,13,15,19H,4-5,10,17H2,1-3H3,(H,18,20)/t11?,15-/m1/s1. The Balaban J connectivity index is 2.52. The number of benzene rings is 1. The molecule has 2 atom stereocenters. The Kier molecular flexibility index (Phi) is 6.52. The molecule has 0 aliphatic carbocycles. The van der Waals surface area contributed by atoms with Crippen LogP contribution in [0.1, 0.15) is 39.2 Å². The molecule has 4 N–H and O–H groups in total. The zero-order valence-electron chi connectivity index (χ0n) is 12.6. The van der Waals surface area contributed by atoms with Crippen molar-refractivity contribution in [2.45, 2.75) is 52.1 Å². The van der Waals surface area contributed by atoms with Crippen LogP contribution in [0.15, 0.2) is 24.3 Å². The summed E-state index contributed by atoms with van der Waals surface area (Å²) in [5.41, 5.74) is 6.89. The summed E-state index contributed by atoms with van der Waals surface area (Å²) in [6.07, 6.45) is 2.57. The van der Waals surface area contributed by atoms with Crippen molar-refractivity contribution >= 4 is 5.91 Å². The van der Waals surface area contributed by atoms with E-state index >= 15 is 0 Å². The van der Waals surface area contributed by atoms with Gasteiger partial charge < -0.3 is 16.2 Å². The molecule has 1 unspecified atom stereocenters. The first-order valence-electron chi connectivity index (χ1n) is 7.31. The van der Waals surface area contributed by atoms with Crippen LogP contribution in [-0.4, -0.2) is 23.1 Å². The van der Waals surface area contributed by atoms with Crippen LogP contribution in [0.2, 0.25) is 0 Å². The molecule has 0 bridgehead atoms. The Morgan fingerprint density at radius 3 is 2.30 bits per heavy atom. The molecule has 0 spiro atoms. The van der Waals surface area contributed by atoms with Crippen LogP contribution in [-0.2, 0) is 11.2 Å². The molecular weight excluding hydrogens is 252 g/mol. The van der Waals surface area contributed by atoms with Gasteiger partial charge in [-0.25, -0.2) is 0 Å². The molecule has 0 fully saturated rings. The van der Waals surface area contributed by atoms with E-state index in [-0.39, 0.29) is 17.7 Å². The predicted octanol–water partition coefficient (Wildman–Crippen LogP) is 2.20. The molecule has 1 aromatic carbocycles. The molecule has 0 heterocycles. The first kappa shape index (κ1) is 16.5. The Labute approximate surface area is 121 Å². The number of aromatic hydroxyl groups is 1. The lowest BCUT2D eigenvalue weighted by Gasteiger charge is -2.24. The van der Waals surface area contributed by atoms with Gasteiger partial charge in [0.1, 0.15) is 5.75 Å². The third kappa shape index (κ3) is 4.85. The normalized spacial score (nSPS) is 14.1. The van der Waals surface area contributed by atoms with Gasteiger partial charge in [0.15, 0.2) is 0 Å². The maximum absolute atomic E-state index is 12.1. The van der Waals surface area contributed by atoms with E-state index in [9.17, 15) is 9.90 Å². The number of nitrogens with two attached hydrogens (primary N) is 1. The van der Waals surface area contributed by atoms with Gasteiger partial charge in [-0.15, -0.1) is 0 Å². The lowest BCUT2D eigenvalue weighted by atomic mass is 9.95. The number of hydrogen-bond acceptors (Lipinski definition) is 3. The molecule has 0 aliphatic heterocycles. The van der Waals surface area contributed by atoms with Crippen LogP contribution in [0.4, 0.5) is 0 Å². The van der Waals surface area contributed by atoms with E-state index in [2.05, 4.69) is 19.2 Å². The van der Waals surface area contributed by atoms with Gasteiger partial charge in [0.2, 0.25) is 5.91 Å². The quantitative estimate of drug-likeness (QED) is 0.715. The van der Waals surface area contributed by atoms with Crippen LogP contribution in [0.3, 0.4) is 0 Å². The summed E-state index contributed by atoms with van der Waals surface area (Å²) >= 11 is 0. The minimum atomic E-state index is -0.559. The van der Waals surface area contributed by atoms with Gasteiger partial charge in [0.05, 0.1) is 6.04 Å². The van der Waals surface area contributed by atoms with E-state index in [1.54, 1.807) is 24.3 Å². The highest BCUT2D eigenvalue weighted by molar-refractivity contribution is 5.82. The van der Waals surface area contributed by atoms with Crippen LogP contribution < -0.4 is 11.1 Å². The van der Waals surface area contributed by atoms with Crippen molar-refractivity contribution in [3.63, 3.8) is 0 Å². The van der Waals surface area contributed by atoms with Gasteiger partial charge in [-0.3, -0.25) is 4.79 Å². The molecule has 1 aromatic rings. The first-order valence-corrected chi connectivity index (χ1v) is 7.31. The molecule has 4 nitrogen and oxygen atoms in total. The average molecular weight is 278 g/mol. The van der Waals surface area contributed by atoms with E-state index < -0.39 is 6.04 Å². The molecule has 1 rings (SSSR count). The summed E-state index contributed by atoms with van der Waals surface area (Å²) < 4.78 is 0. The van der Waals surface area contributed by atoms with Gasteiger partial charge in [0, 0.05) is 6.04 Å². The second kappa shape index (κ2) is 7.90. The van der Waals surface area contributed by atoms with E-state index in [4.69, 9.17) is 5.73 Å². The number of nitrogens with one attached hydrogen (secondary N) is 1. The molecule has 4 heteroatoms. The maximum Gasteiger partial charge on any atom is 0.237 e. The van der Waals surface area contributed by atoms with Crippen LogP contribution in [0.25, 0.3) is 0 Å². The van der Waals surface area contributed by atoms with Crippen molar-refractivity contribution in [3.05, 3.63) is 29.8 Å². The fourth-order valence-electron chi connectivity index (χ4n) is 2.42. The smallest absolute Gasteiger partial charge is 0.237 e. The minimum absolute atomic E-state index is 0.113. The van der Waals surface area contributed by atoms with E-state index in [0.717, 1.165) is 18.4 Å². The molecule has 112 valence electrons. The molecule has 0 radical (unpaired) electrons. The Morgan fingerprint density at radius 2 is 1.80 bits per heavy atom. The highest BCUT2D eigenvalue weighted by Crippen LogP contribution is 2.13. The number of carbonyl (C=O) groups excluding carboxylic acids is 1. The van der Waals surface area contributed by atoms with Crippen molar-refractivity contribution in [1.82, 2.24) is 5.32 Å². The van der Waals surface area contributed by atoms with Crippen molar-refractivity contribution < 1.29 is 9.90 Å². The third-order valence-electron chi connectivity index (χ3n) is 3.85. The summed E-state index contributed by atoms with van der Waals surface area (Å²) in [4.78, 5) is 12.1. The topological polar surface area (TPSA) is 75.4 Å². The summed E-state index contributed by atoms with van der Waals surface area (Å²) in [5, 5.41) is 12.2. The van der Waals surface area contributed by atoms with Crippen molar-refractivity contribution in [3.8, 4) is 5.75 Å². The lowest BCUT2D eigenvalue weighted by molar-refractivity contribution is -0.123. The predicted molar refractivity (Wildman–Crippen MR) is 81.5 cm³/mol. The second-order valence-electron chi connectivity index (χ2n) is 5.35. The lowest BCUT2D eigenvalue weighted by Crippen LogP contribution is -2.47. The van der Waals surface area contributed by atoms with Gasteiger partial charge in [-0.1, -0.05) is 38.8 Å². The number of hydrogen-bond donors (Lipinski definition) is 3. The Bertz CT molecular complexity index is 413. The van der Waals surface area contributed by atoms with Gasteiger partial charge in [-0.2, -0.15) is 0 Å². The Hall–Kier alpha value is -1.55. The minimum Gasteiger partial charge on any atom is -0.508 e. The highest BCUT2D eigenvalue weighted by atomic mass is 16.3. The molecule has 0 saturated heterocycles. The molecule has 0 aliphatic rings. The summed E-state index contributed by atoms with van der Waals surface area (Å²) in [6, 6.07) is 6.36. The number of rotatable bonds is 7. The van der Waals surface area contributed by atoms with Gasteiger partial charge >= 0.3 is 0 Å². The zero-order chi connectivity index (χ0) is 15.1. The number of amides is 1. The van der Waals surface area contributed by atoms with Gasteiger partial charge in [0.25, 0.3) is 0 Å². The maximum atomic E-state index is 12.1. The second-order valence-corrected chi connectivity index (χ2v) is 5.35. The first-order chi connectivity index (χ1) is 9.47. The molecule has 0 aromatic heterocycles. The summed E-state index contributed by atoms with van der Waals surface area (Å²) in [6.45, 7) is 6.29. The number of phenols is 1. The molecule has 1 amide bonds. The largest absolute Gasteiger partial charge is 0.508 e. The van der Waals surface area contributed by atoms with Crippen LogP contribution in [0, 0.1) is 5.92 Å². The van der Waals surface area contributed by atoms with Crippen LogP contribution >= 0.6 is 0 Å². The summed E-state index contributed by atoms with van der Waals surface area (Å²) in [5.74, 6) is 0.589.